The van der Waals surface area contributed by atoms with E-state index in [0.29, 0.717) is 5.75 Å². The summed E-state index contributed by atoms with van der Waals surface area (Å²) in [5.74, 6) is 0.449. The van der Waals surface area contributed by atoms with Gasteiger partial charge in [0.25, 0.3) is 5.91 Å². The number of phenols is 1. The summed E-state index contributed by atoms with van der Waals surface area (Å²) in [7, 11) is 3.69. The van der Waals surface area contributed by atoms with E-state index in [0.717, 1.165) is 35.6 Å². The molecule has 24 heavy (non-hydrogen) atoms. The number of thiophene rings is 1. The molecule has 0 saturated heterocycles. The van der Waals surface area contributed by atoms with Gasteiger partial charge in [0, 0.05) is 6.42 Å². The molecule has 1 amide bonds. The molecule has 4 N–H and O–H groups in total. The van der Waals surface area contributed by atoms with Crippen LogP contribution in [0, 0.1) is 0 Å². The number of anilines is 1. The summed E-state index contributed by atoms with van der Waals surface area (Å²) in [4.78, 5) is 15.4. The number of amides is 1. The zero-order valence-electron chi connectivity index (χ0n) is 13.6. The average molecular weight is 346 g/mol. The normalized spacial score (nSPS) is 22.2. The van der Waals surface area contributed by atoms with Gasteiger partial charge in [-0.25, -0.2) is 0 Å². The standard InChI is InChI=1S/C17H19N3O3S/c1-20-6-5-10-13(8-20)24-17-14(10)16(22)18-15(19-17)9-3-4-11(21)12(7-9)23-2/h3-4,7,15,19,21H,5-6,8H2,1-2H3,(H,18,22)/p+1/t15-/m0/s1. The molecule has 0 fully saturated rings. The molecule has 1 aromatic heterocycles. The van der Waals surface area contributed by atoms with Gasteiger partial charge >= 0.3 is 0 Å². The van der Waals surface area contributed by atoms with Gasteiger partial charge in [-0.3, -0.25) is 4.79 Å². The van der Waals surface area contributed by atoms with Crippen molar-refractivity contribution < 1.29 is 19.5 Å². The Morgan fingerprint density at radius 1 is 1.38 bits per heavy atom. The van der Waals surface area contributed by atoms with Crippen molar-refractivity contribution in [2.24, 2.45) is 0 Å². The van der Waals surface area contributed by atoms with Crippen LogP contribution in [0.2, 0.25) is 0 Å². The van der Waals surface area contributed by atoms with Gasteiger partial charge in [-0.15, -0.1) is 11.3 Å². The second-order valence-electron chi connectivity index (χ2n) is 6.32. The molecule has 7 heteroatoms. The largest absolute Gasteiger partial charge is 0.504 e. The minimum Gasteiger partial charge on any atom is -0.504 e. The minimum absolute atomic E-state index is 0.0298. The highest BCUT2D eigenvalue weighted by atomic mass is 32.1. The summed E-state index contributed by atoms with van der Waals surface area (Å²) in [6.45, 7) is 2.03. The summed E-state index contributed by atoms with van der Waals surface area (Å²) >= 11 is 1.68. The van der Waals surface area contributed by atoms with E-state index < -0.39 is 0 Å². The number of likely N-dealkylation sites (N-methyl/N-ethyl adjacent to an activating group) is 1. The van der Waals surface area contributed by atoms with Gasteiger partial charge in [-0.2, -0.15) is 0 Å². The molecule has 1 aromatic carbocycles. The third-order valence-corrected chi connectivity index (χ3v) is 5.83. The fourth-order valence-corrected chi connectivity index (χ4v) is 4.76. The number of phenolic OH excluding ortho intramolecular Hbond substituents is 1. The van der Waals surface area contributed by atoms with E-state index >= 15 is 0 Å². The molecule has 2 aromatic rings. The molecule has 2 aliphatic rings. The second kappa shape index (κ2) is 5.68. The molecule has 6 nitrogen and oxygen atoms in total. The fourth-order valence-electron chi connectivity index (χ4n) is 3.37. The predicted molar refractivity (Wildman–Crippen MR) is 92.0 cm³/mol. The molecule has 126 valence electrons. The van der Waals surface area contributed by atoms with Gasteiger partial charge in [0.2, 0.25) is 0 Å². The number of fused-ring (bicyclic) bond motifs is 3. The lowest BCUT2D eigenvalue weighted by Crippen LogP contribution is -3.08. The van der Waals surface area contributed by atoms with Crippen LogP contribution in [0.5, 0.6) is 11.5 Å². The van der Waals surface area contributed by atoms with Gasteiger partial charge < -0.3 is 25.4 Å². The number of hydrogen-bond donors (Lipinski definition) is 4. The average Bonchev–Trinajstić information content (AvgIpc) is 2.92. The van der Waals surface area contributed by atoms with E-state index in [4.69, 9.17) is 4.74 Å². The van der Waals surface area contributed by atoms with Crippen molar-refractivity contribution in [2.45, 2.75) is 19.1 Å². The molecule has 0 aliphatic carbocycles. The molecule has 0 saturated carbocycles. The molecule has 4 rings (SSSR count). The third-order valence-electron chi connectivity index (χ3n) is 4.67. The number of rotatable bonds is 2. The summed E-state index contributed by atoms with van der Waals surface area (Å²) in [6, 6.07) is 5.10. The van der Waals surface area contributed by atoms with E-state index in [1.54, 1.807) is 29.5 Å². The highest BCUT2D eigenvalue weighted by Gasteiger charge is 2.34. The van der Waals surface area contributed by atoms with E-state index in [1.165, 1.54) is 22.5 Å². The van der Waals surface area contributed by atoms with Crippen molar-refractivity contribution in [3.8, 4) is 11.5 Å². The first-order valence-electron chi connectivity index (χ1n) is 7.97. The fraction of sp³-hybridized carbons (Fsp3) is 0.353. The van der Waals surface area contributed by atoms with Crippen LogP contribution in [-0.4, -0.2) is 31.7 Å². The molecule has 3 heterocycles. The molecular formula is C17H20N3O3S+. The Balaban J connectivity index is 1.68. The maximum absolute atomic E-state index is 12.7. The number of aromatic hydroxyl groups is 1. The van der Waals surface area contributed by atoms with Crippen molar-refractivity contribution >= 4 is 22.2 Å². The summed E-state index contributed by atoms with van der Waals surface area (Å²) in [6.07, 6.45) is 0.615. The number of methoxy groups -OCH3 is 1. The number of benzene rings is 1. The van der Waals surface area contributed by atoms with E-state index in [9.17, 15) is 9.90 Å². The van der Waals surface area contributed by atoms with Gasteiger partial charge in [-0.1, -0.05) is 6.07 Å². The van der Waals surface area contributed by atoms with Crippen molar-refractivity contribution in [3.63, 3.8) is 0 Å². The molecule has 2 aliphatic heterocycles. The number of quaternary nitrogens is 1. The van der Waals surface area contributed by atoms with E-state index in [1.807, 2.05) is 0 Å². The SMILES string of the molecule is COc1cc([C@H]2NC(=O)c3c(sc4c3CC[NH+](C)C4)N2)ccc1O. The van der Waals surface area contributed by atoms with Gasteiger partial charge in [0.1, 0.15) is 17.7 Å². The van der Waals surface area contributed by atoms with Crippen molar-refractivity contribution in [1.82, 2.24) is 5.32 Å². The lowest BCUT2D eigenvalue weighted by molar-refractivity contribution is -0.895. The minimum atomic E-state index is -0.329. The van der Waals surface area contributed by atoms with Gasteiger partial charge in [0.05, 0.1) is 31.1 Å². The topological polar surface area (TPSA) is 75.0 Å². The van der Waals surface area contributed by atoms with Crippen LogP contribution in [0.1, 0.15) is 32.5 Å². The monoisotopic (exact) mass is 346 g/mol. The number of carbonyl (C=O) groups is 1. The quantitative estimate of drug-likeness (QED) is 0.651. The van der Waals surface area contributed by atoms with Crippen LogP contribution in [0.15, 0.2) is 18.2 Å². The smallest absolute Gasteiger partial charge is 0.256 e. The Morgan fingerprint density at radius 2 is 2.21 bits per heavy atom. The van der Waals surface area contributed by atoms with Crippen LogP contribution in [-0.2, 0) is 13.0 Å². The van der Waals surface area contributed by atoms with Gasteiger partial charge in [0.15, 0.2) is 11.5 Å². The lowest BCUT2D eigenvalue weighted by atomic mass is 10.0. The number of ether oxygens (including phenoxy) is 1. The number of nitrogens with one attached hydrogen (secondary N) is 3. The van der Waals surface area contributed by atoms with Crippen LogP contribution in [0.3, 0.4) is 0 Å². The van der Waals surface area contributed by atoms with Crippen molar-refractivity contribution in [3.05, 3.63) is 39.8 Å². The lowest BCUT2D eigenvalue weighted by Gasteiger charge is -2.27. The molecule has 0 radical (unpaired) electrons. The maximum atomic E-state index is 12.7. The summed E-state index contributed by atoms with van der Waals surface area (Å²) < 4.78 is 5.16. The van der Waals surface area contributed by atoms with Crippen LogP contribution >= 0.6 is 11.3 Å². The van der Waals surface area contributed by atoms with Crippen LogP contribution < -0.4 is 20.3 Å². The van der Waals surface area contributed by atoms with Crippen LogP contribution in [0.25, 0.3) is 0 Å². The third kappa shape index (κ3) is 2.40. The Kier molecular flexibility index (Phi) is 3.62. The molecule has 0 bridgehead atoms. The first kappa shape index (κ1) is 15.3. The first-order valence-corrected chi connectivity index (χ1v) is 8.78. The maximum Gasteiger partial charge on any atom is 0.256 e. The Bertz CT molecular complexity index is 818. The molecule has 1 unspecified atom stereocenters. The zero-order valence-corrected chi connectivity index (χ0v) is 14.4. The highest BCUT2D eigenvalue weighted by molar-refractivity contribution is 7.16. The Labute approximate surface area is 144 Å². The van der Waals surface area contributed by atoms with E-state index in [-0.39, 0.29) is 17.8 Å². The van der Waals surface area contributed by atoms with Crippen molar-refractivity contribution in [1.29, 1.82) is 0 Å². The number of carbonyl (C=O) groups excluding carboxylic acids is 1. The predicted octanol–water partition coefficient (Wildman–Crippen LogP) is 0.887. The molecular weight excluding hydrogens is 326 g/mol. The Hall–Kier alpha value is -2.25. The van der Waals surface area contributed by atoms with Crippen molar-refractivity contribution in [2.75, 3.05) is 26.0 Å². The molecule has 2 atom stereocenters. The first-order chi connectivity index (χ1) is 11.6. The van der Waals surface area contributed by atoms with Crippen LogP contribution in [0.4, 0.5) is 5.00 Å². The highest BCUT2D eigenvalue weighted by Crippen LogP contribution is 2.39. The van der Waals surface area contributed by atoms with E-state index in [2.05, 4.69) is 17.7 Å². The molecule has 0 spiro atoms. The second-order valence-corrected chi connectivity index (χ2v) is 7.43. The van der Waals surface area contributed by atoms with Gasteiger partial charge in [-0.05, 0) is 23.3 Å². The Morgan fingerprint density at radius 3 is 3.00 bits per heavy atom. The number of hydrogen-bond acceptors (Lipinski definition) is 5. The zero-order chi connectivity index (χ0) is 16.8. The summed E-state index contributed by atoms with van der Waals surface area (Å²) in [5.41, 5.74) is 2.86. The summed E-state index contributed by atoms with van der Waals surface area (Å²) in [5, 5.41) is 17.1.